The maximum atomic E-state index is 12.2. The number of methoxy groups -OCH3 is 1. The van der Waals surface area contributed by atoms with Gasteiger partial charge in [-0.25, -0.2) is 0 Å². The summed E-state index contributed by atoms with van der Waals surface area (Å²) in [5.41, 5.74) is 0.0262. The van der Waals surface area contributed by atoms with Crippen molar-refractivity contribution in [3.63, 3.8) is 0 Å². The van der Waals surface area contributed by atoms with Crippen LogP contribution in [0.5, 0.6) is 0 Å². The molecule has 0 aromatic rings. The van der Waals surface area contributed by atoms with Crippen molar-refractivity contribution < 1.29 is 14.3 Å². The largest absolute Gasteiger partial charge is 0.384 e. The molecule has 0 aliphatic carbocycles. The monoisotopic (exact) mass is 311 g/mol. The quantitative estimate of drug-likeness (QED) is 0.750. The van der Waals surface area contributed by atoms with Gasteiger partial charge in [-0.1, -0.05) is 6.42 Å². The maximum absolute atomic E-state index is 12.2. The summed E-state index contributed by atoms with van der Waals surface area (Å²) in [6, 6.07) is 0. The summed E-state index contributed by atoms with van der Waals surface area (Å²) < 4.78 is 5.36. The number of amides is 2. The first kappa shape index (κ1) is 17.2. The van der Waals surface area contributed by atoms with Gasteiger partial charge in [0.15, 0.2) is 0 Å². The minimum atomic E-state index is -0.0516. The van der Waals surface area contributed by atoms with Gasteiger partial charge in [-0.05, 0) is 38.8 Å². The molecule has 0 unspecified atom stereocenters. The van der Waals surface area contributed by atoms with Crippen LogP contribution >= 0.6 is 0 Å². The van der Waals surface area contributed by atoms with E-state index in [1.807, 2.05) is 0 Å². The topological polar surface area (TPSA) is 70.7 Å². The summed E-state index contributed by atoms with van der Waals surface area (Å²) in [5.74, 6) is 0.0605. The molecule has 2 aliphatic heterocycles. The van der Waals surface area contributed by atoms with E-state index in [0.29, 0.717) is 26.1 Å². The maximum Gasteiger partial charge on any atom is 0.239 e. The lowest BCUT2D eigenvalue weighted by atomic mass is 9.79. The van der Waals surface area contributed by atoms with E-state index in [0.717, 1.165) is 45.2 Å². The summed E-state index contributed by atoms with van der Waals surface area (Å²) in [6.07, 6.45) is 5.60. The summed E-state index contributed by atoms with van der Waals surface area (Å²) >= 11 is 0. The molecule has 0 radical (unpaired) electrons. The average molecular weight is 311 g/mol. The molecule has 2 heterocycles. The highest BCUT2D eigenvalue weighted by molar-refractivity contribution is 5.84. The molecule has 2 N–H and O–H groups in total. The minimum Gasteiger partial charge on any atom is -0.384 e. The van der Waals surface area contributed by atoms with Crippen molar-refractivity contribution in [3.05, 3.63) is 0 Å². The van der Waals surface area contributed by atoms with E-state index in [2.05, 4.69) is 10.6 Å². The van der Waals surface area contributed by atoms with Crippen molar-refractivity contribution in [3.8, 4) is 0 Å². The molecule has 2 fully saturated rings. The number of rotatable bonds is 6. The van der Waals surface area contributed by atoms with Crippen molar-refractivity contribution in [2.45, 2.75) is 38.5 Å². The normalized spacial score (nSPS) is 22.2. The van der Waals surface area contributed by atoms with Crippen LogP contribution in [0.2, 0.25) is 0 Å². The molecular weight excluding hydrogens is 282 g/mol. The number of carbonyl (C=O) groups excluding carboxylic acids is 2. The van der Waals surface area contributed by atoms with Gasteiger partial charge in [0.05, 0.1) is 13.2 Å². The smallest absolute Gasteiger partial charge is 0.239 e. The Morgan fingerprint density at radius 2 is 2.09 bits per heavy atom. The third-order valence-electron chi connectivity index (χ3n) is 4.78. The Bertz CT molecular complexity index is 375. The zero-order valence-electron chi connectivity index (χ0n) is 13.7. The second-order valence-electron chi connectivity index (χ2n) is 6.59. The van der Waals surface area contributed by atoms with Crippen molar-refractivity contribution in [1.29, 1.82) is 0 Å². The Hall–Kier alpha value is -1.14. The van der Waals surface area contributed by atoms with Gasteiger partial charge in [0.1, 0.15) is 0 Å². The first-order valence-electron chi connectivity index (χ1n) is 8.39. The summed E-state index contributed by atoms with van der Waals surface area (Å²) in [5, 5.41) is 6.37. The third-order valence-corrected chi connectivity index (χ3v) is 4.78. The Labute approximate surface area is 132 Å². The number of nitrogens with one attached hydrogen (secondary N) is 2. The van der Waals surface area contributed by atoms with Crippen LogP contribution in [0.4, 0.5) is 0 Å². The van der Waals surface area contributed by atoms with Crippen LogP contribution in [0.3, 0.4) is 0 Å². The van der Waals surface area contributed by atoms with Gasteiger partial charge in [0.2, 0.25) is 11.8 Å². The average Bonchev–Trinajstić information content (AvgIpc) is 2.72. The van der Waals surface area contributed by atoms with Gasteiger partial charge >= 0.3 is 0 Å². The fourth-order valence-corrected chi connectivity index (χ4v) is 3.36. The highest BCUT2D eigenvalue weighted by Gasteiger charge is 2.32. The van der Waals surface area contributed by atoms with Crippen LogP contribution in [-0.4, -0.2) is 63.2 Å². The Balaban J connectivity index is 1.81. The van der Waals surface area contributed by atoms with Crippen LogP contribution in [0, 0.1) is 5.41 Å². The second kappa shape index (κ2) is 8.48. The minimum absolute atomic E-state index is 0.0262. The molecule has 2 saturated heterocycles. The van der Waals surface area contributed by atoms with Gasteiger partial charge in [-0.3, -0.25) is 9.59 Å². The molecular formula is C16H29N3O3. The summed E-state index contributed by atoms with van der Waals surface area (Å²) in [7, 11) is 1.71. The van der Waals surface area contributed by atoms with Crippen LogP contribution in [0.15, 0.2) is 0 Å². The van der Waals surface area contributed by atoms with E-state index in [4.69, 9.17) is 4.74 Å². The Morgan fingerprint density at radius 3 is 2.82 bits per heavy atom. The van der Waals surface area contributed by atoms with Gasteiger partial charge < -0.3 is 20.3 Å². The van der Waals surface area contributed by atoms with E-state index >= 15 is 0 Å². The Kier molecular flexibility index (Phi) is 6.64. The van der Waals surface area contributed by atoms with Gasteiger partial charge in [0.25, 0.3) is 0 Å². The second-order valence-corrected chi connectivity index (χ2v) is 6.59. The highest BCUT2D eigenvalue weighted by Crippen LogP contribution is 2.28. The SMILES string of the molecule is COCC1(CNC(=O)CN2CCCCCC2=O)CCNCC1. The van der Waals surface area contributed by atoms with Crippen molar-refractivity contribution >= 4 is 11.8 Å². The van der Waals surface area contributed by atoms with Crippen LogP contribution < -0.4 is 10.6 Å². The molecule has 126 valence electrons. The van der Waals surface area contributed by atoms with E-state index < -0.39 is 0 Å². The summed E-state index contributed by atoms with van der Waals surface area (Å²) in [6.45, 7) is 4.12. The zero-order chi connectivity index (χ0) is 15.8. The molecule has 0 atom stereocenters. The van der Waals surface area contributed by atoms with Gasteiger partial charge in [0, 0.05) is 32.0 Å². The number of hydrogen-bond donors (Lipinski definition) is 2. The first-order valence-corrected chi connectivity index (χ1v) is 8.39. The molecule has 0 aromatic carbocycles. The highest BCUT2D eigenvalue weighted by atomic mass is 16.5. The van der Waals surface area contributed by atoms with Crippen molar-refractivity contribution in [2.24, 2.45) is 5.41 Å². The zero-order valence-corrected chi connectivity index (χ0v) is 13.7. The van der Waals surface area contributed by atoms with Crippen LogP contribution in [0.1, 0.15) is 38.5 Å². The lowest BCUT2D eigenvalue weighted by Gasteiger charge is -2.37. The molecule has 6 heteroatoms. The number of likely N-dealkylation sites (tertiary alicyclic amines) is 1. The predicted molar refractivity (Wildman–Crippen MR) is 84.5 cm³/mol. The molecule has 6 nitrogen and oxygen atoms in total. The number of hydrogen-bond acceptors (Lipinski definition) is 4. The molecule has 2 rings (SSSR count). The van der Waals surface area contributed by atoms with E-state index in [9.17, 15) is 9.59 Å². The number of ether oxygens (including phenoxy) is 1. The van der Waals surface area contributed by atoms with Gasteiger partial charge in [-0.15, -0.1) is 0 Å². The van der Waals surface area contributed by atoms with Crippen molar-refractivity contribution in [2.75, 3.05) is 46.4 Å². The number of piperidine rings is 1. The number of nitrogens with zero attached hydrogens (tertiary/aromatic N) is 1. The molecule has 2 aliphatic rings. The van der Waals surface area contributed by atoms with E-state index in [-0.39, 0.29) is 23.8 Å². The molecule has 0 bridgehead atoms. The molecule has 22 heavy (non-hydrogen) atoms. The number of carbonyl (C=O) groups is 2. The standard InChI is InChI=1S/C16H29N3O3/c1-22-13-16(6-8-17-9-7-16)12-18-14(20)11-19-10-4-2-3-5-15(19)21/h17H,2-13H2,1H3,(H,18,20). The van der Waals surface area contributed by atoms with Crippen molar-refractivity contribution in [1.82, 2.24) is 15.5 Å². The molecule has 2 amide bonds. The van der Waals surface area contributed by atoms with E-state index in [1.165, 1.54) is 0 Å². The Morgan fingerprint density at radius 1 is 1.32 bits per heavy atom. The first-order chi connectivity index (χ1) is 10.7. The van der Waals surface area contributed by atoms with E-state index in [1.54, 1.807) is 12.0 Å². The molecule has 0 saturated carbocycles. The summed E-state index contributed by atoms with van der Waals surface area (Å²) in [4.78, 5) is 25.8. The fourth-order valence-electron chi connectivity index (χ4n) is 3.36. The fraction of sp³-hybridized carbons (Fsp3) is 0.875. The van der Waals surface area contributed by atoms with Crippen LogP contribution in [0.25, 0.3) is 0 Å². The third kappa shape index (κ3) is 4.95. The predicted octanol–water partition coefficient (Wildman–Crippen LogP) is 0.521. The molecule has 0 aromatic heterocycles. The molecule has 0 spiro atoms. The lowest BCUT2D eigenvalue weighted by Crippen LogP contribution is -2.49. The lowest BCUT2D eigenvalue weighted by molar-refractivity contribution is -0.135. The van der Waals surface area contributed by atoms with Crippen LogP contribution in [-0.2, 0) is 14.3 Å². The van der Waals surface area contributed by atoms with Gasteiger partial charge in [-0.2, -0.15) is 0 Å².